The lowest BCUT2D eigenvalue weighted by Crippen LogP contribution is -2.34. The summed E-state index contributed by atoms with van der Waals surface area (Å²) in [5.41, 5.74) is 7.75. The van der Waals surface area contributed by atoms with Crippen molar-refractivity contribution in [1.82, 2.24) is 13.6 Å². The Hall–Kier alpha value is -2.91. The molecule has 1 heterocycles. The van der Waals surface area contributed by atoms with Gasteiger partial charge in [0, 0.05) is 23.7 Å². The minimum atomic E-state index is -0.672. The molecule has 3 aromatic rings. The number of nitrogens with one attached hydrogen (secondary N) is 1. The van der Waals surface area contributed by atoms with Crippen molar-refractivity contribution in [2.75, 3.05) is 11.9 Å². The molecule has 1 aliphatic rings. The molecule has 2 amide bonds. The Bertz CT molecular complexity index is 1050. The fourth-order valence-corrected chi connectivity index (χ4v) is 3.63. The second-order valence-corrected chi connectivity index (χ2v) is 7.32. The normalized spacial score (nSPS) is 13.8. The average molecular weight is 399 g/mol. The summed E-state index contributed by atoms with van der Waals surface area (Å²) in [6.45, 7) is 0.418. The largest absolute Gasteiger partial charge is 0.366 e. The molecule has 0 aliphatic heterocycles. The first-order valence-corrected chi connectivity index (χ1v) is 9.57. The van der Waals surface area contributed by atoms with Crippen LogP contribution in [0.25, 0.3) is 11.0 Å². The minimum absolute atomic E-state index is 0.127. The average Bonchev–Trinajstić information content (AvgIpc) is 3.39. The third kappa shape index (κ3) is 4.00. The summed E-state index contributed by atoms with van der Waals surface area (Å²) in [6, 6.07) is 9.87. The van der Waals surface area contributed by atoms with Gasteiger partial charge in [-0.05, 0) is 37.1 Å². The van der Waals surface area contributed by atoms with Crippen molar-refractivity contribution in [3.8, 4) is 0 Å². The number of aromatic nitrogens is 2. The van der Waals surface area contributed by atoms with Crippen LogP contribution < -0.4 is 11.1 Å². The molecule has 3 N–H and O–H groups in total. The number of carbonyl (C=O) groups is 2. The fraction of sp³-hybridized carbons (Fsp3) is 0.263. The number of benzene rings is 2. The highest BCUT2D eigenvalue weighted by Gasteiger charge is 2.31. The zero-order chi connectivity index (χ0) is 19.7. The van der Waals surface area contributed by atoms with E-state index in [1.165, 1.54) is 6.07 Å². The summed E-state index contributed by atoms with van der Waals surface area (Å²) in [5.74, 6) is -1.36. The summed E-state index contributed by atoms with van der Waals surface area (Å²) in [6.07, 6.45) is 1.94. The zero-order valence-corrected chi connectivity index (χ0v) is 15.7. The minimum Gasteiger partial charge on any atom is -0.366 e. The summed E-state index contributed by atoms with van der Waals surface area (Å²) in [7, 11) is 0. The van der Waals surface area contributed by atoms with E-state index >= 15 is 0 Å². The molecule has 4 rings (SSSR count). The molecule has 1 fully saturated rings. The fourth-order valence-electron chi connectivity index (χ4n) is 3.08. The Morgan fingerprint density at radius 1 is 1.25 bits per heavy atom. The number of nitrogens with zero attached hydrogens (tertiary/aromatic N) is 3. The Morgan fingerprint density at radius 3 is 2.79 bits per heavy atom. The number of rotatable bonds is 7. The second-order valence-electron chi connectivity index (χ2n) is 6.79. The van der Waals surface area contributed by atoms with E-state index in [0.717, 1.165) is 36.2 Å². The van der Waals surface area contributed by atoms with Gasteiger partial charge in [0.05, 0.1) is 24.0 Å². The van der Waals surface area contributed by atoms with Gasteiger partial charge in [0.1, 0.15) is 16.9 Å². The number of nitrogens with two attached hydrogens (primary N) is 1. The molecular formula is C19H18FN5O2S. The molecule has 1 saturated carbocycles. The number of carbonyl (C=O) groups excluding carboxylic acids is 2. The molecule has 7 nitrogen and oxygen atoms in total. The van der Waals surface area contributed by atoms with Crippen LogP contribution in [0.2, 0.25) is 0 Å². The highest BCUT2D eigenvalue weighted by Crippen LogP contribution is 2.29. The van der Waals surface area contributed by atoms with Gasteiger partial charge < -0.3 is 11.1 Å². The Balaban J connectivity index is 1.46. The zero-order valence-electron chi connectivity index (χ0n) is 14.9. The molecule has 0 atom stereocenters. The van der Waals surface area contributed by atoms with E-state index in [9.17, 15) is 14.0 Å². The van der Waals surface area contributed by atoms with E-state index in [1.807, 2.05) is 17.0 Å². The van der Waals surface area contributed by atoms with Crippen LogP contribution in [0.1, 0.15) is 28.8 Å². The van der Waals surface area contributed by atoms with Crippen molar-refractivity contribution >= 4 is 40.3 Å². The number of hydrogen-bond donors (Lipinski definition) is 2. The van der Waals surface area contributed by atoms with Crippen LogP contribution in [-0.4, -0.2) is 38.0 Å². The summed E-state index contributed by atoms with van der Waals surface area (Å²) < 4.78 is 22.7. The summed E-state index contributed by atoms with van der Waals surface area (Å²) in [4.78, 5) is 25.7. The van der Waals surface area contributed by atoms with Crippen LogP contribution in [0.4, 0.5) is 10.1 Å². The number of amides is 2. The van der Waals surface area contributed by atoms with E-state index in [0.29, 0.717) is 16.8 Å². The van der Waals surface area contributed by atoms with Gasteiger partial charge in [-0.25, -0.2) is 4.39 Å². The standard InChI is InChI=1S/C19H18FN5O2S/c20-14-8-11(19(21)27)4-5-12(14)9-25(13-6-7-13)10-17(26)22-15-2-1-3-16-18(15)24-28-23-16/h1-5,8,13H,6-7,9-10H2,(H2,21,27)(H,22,26). The van der Waals surface area contributed by atoms with Gasteiger partial charge in [-0.1, -0.05) is 12.1 Å². The van der Waals surface area contributed by atoms with Crippen molar-refractivity contribution < 1.29 is 14.0 Å². The van der Waals surface area contributed by atoms with E-state index in [1.54, 1.807) is 12.1 Å². The molecule has 2 aromatic carbocycles. The van der Waals surface area contributed by atoms with Crippen molar-refractivity contribution in [3.05, 3.63) is 53.3 Å². The highest BCUT2D eigenvalue weighted by atomic mass is 32.1. The first-order valence-electron chi connectivity index (χ1n) is 8.84. The van der Waals surface area contributed by atoms with Crippen molar-refractivity contribution in [2.24, 2.45) is 5.73 Å². The molecule has 0 radical (unpaired) electrons. The maximum absolute atomic E-state index is 14.3. The van der Waals surface area contributed by atoms with Crippen LogP contribution in [0, 0.1) is 5.82 Å². The van der Waals surface area contributed by atoms with E-state index in [4.69, 9.17) is 5.73 Å². The highest BCUT2D eigenvalue weighted by molar-refractivity contribution is 7.00. The number of hydrogen-bond acceptors (Lipinski definition) is 6. The molecule has 0 unspecified atom stereocenters. The van der Waals surface area contributed by atoms with Crippen molar-refractivity contribution in [2.45, 2.75) is 25.4 Å². The lowest BCUT2D eigenvalue weighted by atomic mass is 10.1. The topological polar surface area (TPSA) is 101 Å². The number of fused-ring (bicyclic) bond motifs is 1. The van der Waals surface area contributed by atoms with Crippen LogP contribution in [0.15, 0.2) is 36.4 Å². The Labute approximate surface area is 164 Å². The Kier molecular flexibility index (Phi) is 5.01. The summed E-state index contributed by atoms with van der Waals surface area (Å²) in [5, 5.41) is 2.88. The van der Waals surface area contributed by atoms with Crippen LogP contribution in [-0.2, 0) is 11.3 Å². The maximum Gasteiger partial charge on any atom is 0.248 e. The number of halogens is 1. The van der Waals surface area contributed by atoms with Gasteiger partial charge >= 0.3 is 0 Å². The molecule has 9 heteroatoms. The number of anilines is 1. The van der Waals surface area contributed by atoms with Crippen molar-refractivity contribution in [1.29, 1.82) is 0 Å². The third-order valence-electron chi connectivity index (χ3n) is 4.68. The quantitative estimate of drug-likeness (QED) is 0.636. The van der Waals surface area contributed by atoms with Gasteiger partial charge in [-0.15, -0.1) is 0 Å². The molecule has 1 aliphatic carbocycles. The first kappa shape index (κ1) is 18.5. The van der Waals surface area contributed by atoms with Crippen LogP contribution in [0.5, 0.6) is 0 Å². The van der Waals surface area contributed by atoms with Gasteiger partial charge in [-0.3, -0.25) is 14.5 Å². The summed E-state index contributed by atoms with van der Waals surface area (Å²) >= 11 is 1.09. The molecule has 0 spiro atoms. The number of primary amides is 1. The van der Waals surface area contributed by atoms with Crippen LogP contribution in [0.3, 0.4) is 0 Å². The van der Waals surface area contributed by atoms with Gasteiger partial charge in [0.2, 0.25) is 11.8 Å². The lowest BCUT2D eigenvalue weighted by Gasteiger charge is -2.22. The maximum atomic E-state index is 14.3. The predicted molar refractivity (Wildman–Crippen MR) is 104 cm³/mol. The molecule has 0 saturated heterocycles. The first-order chi connectivity index (χ1) is 13.5. The molecule has 144 valence electrons. The third-order valence-corrected chi connectivity index (χ3v) is 5.22. The lowest BCUT2D eigenvalue weighted by molar-refractivity contribution is -0.117. The van der Waals surface area contributed by atoms with Crippen LogP contribution >= 0.6 is 11.7 Å². The van der Waals surface area contributed by atoms with Gasteiger partial charge in [-0.2, -0.15) is 8.75 Å². The molecule has 1 aromatic heterocycles. The Morgan fingerprint density at radius 2 is 2.07 bits per heavy atom. The van der Waals surface area contributed by atoms with Crippen molar-refractivity contribution in [3.63, 3.8) is 0 Å². The smallest absolute Gasteiger partial charge is 0.248 e. The van der Waals surface area contributed by atoms with Gasteiger partial charge in [0.15, 0.2) is 0 Å². The van der Waals surface area contributed by atoms with Gasteiger partial charge in [0.25, 0.3) is 0 Å². The second kappa shape index (κ2) is 7.61. The van der Waals surface area contributed by atoms with E-state index < -0.39 is 11.7 Å². The monoisotopic (exact) mass is 399 g/mol. The SMILES string of the molecule is NC(=O)c1ccc(CN(CC(=O)Nc2cccc3nsnc23)C2CC2)c(F)c1. The van der Waals surface area contributed by atoms with E-state index in [2.05, 4.69) is 14.1 Å². The van der Waals surface area contributed by atoms with E-state index in [-0.39, 0.29) is 30.6 Å². The molecule has 28 heavy (non-hydrogen) atoms. The molecule has 0 bridgehead atoms. The molecular weight excluding hydrogens is 381 g/mol. The predicted octanol–water partition coefficient (Wildman–Crippen LogP) is 2.53.